The van der Waals surface area contributed by atoms with E-state index in [1.165, 1.54) is 0 Å². The van der Waals surface area contributed by atoms with E-state index >= 15 is 0 Å². The van der Waals surface area contributed by atoms with Gasteiger partial charge in [0.05, 0.1) is 0 Å². The van der Waals surface area contributed by atoms with Crippen molar-refractivity contribution in [1.82, 2.24) is 10.6 Å². The summed E-state index contributed by atoms with van der Waals surface area (Å²) < 4.78 is 24.8. The smallest absolute Gasteiger partial charge is 0.246 e. The van der Waals surface area contributed by atoms with Crippen LogP contribution in [-0.4, -0.2) is 31.6 Å². The molecule has 4 heteroatoms. The first-order valence-corrected chi connectivity index (χ1v) is 4.90. The minimum Gasteiger partial charge on any atom is -0.315 e. The fraction of sp³-hybridized carbons (Fsp3) is 1.00. The molecule has 0 spiro atoms. The molecule has 1 unspecified atom stereocenters. The van der Waals surface area contributed by atoms with Crippen LogP contribution in [0, 0.1) is 0 Å². The van der Waals surface area contributed by atoms with Crippen LogP contribution in [-0.2, 0) is 0 Å². The van der Waals surface area contributed by atoms with E-state index in [9.17, 15) is 8.78 Å². The zero-order valence-electron chi connectivity index (χ0n) is 8.08. The first kappa shape index (κ1) is 10.9. The maximum Gasteiger partial charge on any atom is 0.246 e. The molecule has 1 heterocycles. The van der Waals surface area contributed by atoms with Crippen LogP contribution < -0.4 is 10.6 Å². The Morgan fingerprint density at radius 1 is 1.54 bits per heavy atom. The summed E-state index contributed by atoms with van der Waals surface area (Å²) in [6, 6.07) is 0.385. The molecule has 2 nitrogen and oxygen atoms in total. The number of hydrogen-bond donors (Lipinski definition) is 2. The molecule has 1 fully saturated rings. The highest BCUT2D eigenvalue weighted by atomic mass is 19.3. The van der Waals surface area contributed by atoms with E-state index in [1.54, 1.807) is 0 Å². The molecule has 1 aliphatic heterocycles. The molecule has 13 heavy (non-hydrogen) atoms. The van der Waals surface area contributed by atoms with Crippen molar-refractivity contribution in [3.63, 3.8) is 0 Å². The summed E-state index contributed by atoms with van der Waals surface area (Å²) in [6.45, 7) is 3.35. The second kappa shape index (κ2) is 4.86. The second-order valence-corrected chi connectivity index (χ2v) is 3.82. The summed E-state index contributed by atoms with van der Waals surface area (Å²) in [7, 11) is 0. The van der Waals surface area contributed by atoms with Gasteiger partial charge in [-0.05, 0) is 26.3 Å². The van der Waals surface area contributed by atoms with Crippen LogP contribution in [0.3, 0.4) is 0 Å². The van der Waals surface area contributed by atoms with Crippen LogP contribution in [0.2, 0.25) is 0 Å². The molecule has 0 aliphatic carbocycles. The quantitative estimate of drug-likeness (QED) is 0.703. The predicted octanol–water partition coefficient (Wildman–Crippen LogP) is 1.37. The normalized spacial score (nSPS) is 24.7. The summed E-state index contributed by atoms with van der Waals surface area (Å²) in [5.74, 6) is -2.53. The van der Waals surface area contributed by atoms with Crippen molar-refractivity contribution >= 4 is 0 Å². The van der Waals surface area contributed by atoms with Gasteiger partial charge in [0.15, 0.2) is 0 Å². The molecular weight excluding hydrogens is 174 g/mol. The number of alkyl halides is 2. The number of halogens is 2. The minimum atomic E-state index is -2.53. The van der Waals surface area contributed by atoms with Gasteiger partial charge >= 0.3 is 0 Å². The molecule has 0 saturated carbocycles. The van der Waals surface area contributed by atoms with Gasteiger partial charge in [-0.1, -0.05) is 0 Å². The highest BCUT2D eigenvalue weighted by Crippen LogP contribution is 2.15. The van der Waals surface area contributed by atoms with Crippen molar-refractivity contribution < 1.29 is 8.78 Å². The number of piperidine rings is 1. The zero-order chi connectivity index (χ0) is 9.73. The fourth-order valence-corrected chi connectivity index (χ4v) is 1.52. The Balaban J connectivity index is 2.04. The Hall–Kier alpha value is -0.220. The first-order chi connectivity index (χ1) is 6.08. The monoisotopic (exact) mass is 192 g/mol. The SMILES string of the molecule is CC(F)(F)CCNC1CCCNC1. The van der Waals surface area contributed by atoms with Gasteiger partial charge in [-0.2, -0.15) is 0 Å². The van der Waals surface area contributed by atoms with E-state index in [-0.39, 0.29) is 6.42 Å². The second-order valence-electron chi connectivity index (χ2n) is 3.82. The lowest BCUT2D eigenvalue weighted by atomic mass is 10.1. The summed E-state index contributed by atoms with van der Waals surface area (Å²) >= 11 is 0. The van der Waals surface area contributed by atoms with Crippen LogP contribution in [0.1, 0.15) is 26.2 Å². The number of hydrogen-bond acceptors (Lipinski definition) is 2. The Morgan fingerprint density at radius 2 is 2.31 bits per heavy atom. The standard InChI is InChI=1S/C9H18F2N2/c1-9(10,11)4-6-13-8-3-2-5-12-7-8/h8,12-13H,2-7H2,1H3. The molecule has 0 aromatic carbocycles. The van der Waals surface area contributed by atoms with Crippen molar-refractivity contribution in [1.29, 1.82) is 0 Å². The lowest BCUT2D eigenvalue weighted by molar-refractivity contribution is 0.0126. The Morgan fingerprint density at radius 3 is 2.85 bits per heavy atom. The van der Waals surface area contributed by atoms with E-state index in [1.807, 2.05) is 0 Å². The van der Waals surface area contributed by atoms with Crippen LogP contribution >= 0.6 is 0 Å². The zero-order valence-corrected chi connectivity index (χ0v) is 8.08. The van der Waals surface area contributed by atoms with Crippen LogP contribution in [0.5, 0.6) is 0 Å². The predicted molar refractivity (Wildman–Crippen MR) is 49.1 cm³/mol. The fourth-order valence-electron chi connectivity index (χ4n) is 1.52. The van der Waals surface area contributed by atoms with Crippen LogP contribution in [0.25, 0.3) is 0 Å². The number of nitrogens with one attached hydrogen (secondary N) is 2. The molecule has 0 bridgehead atoms. The molecule has 0 aromatic rings. The van der Waals surface area contributed by atoms with Crippen molar-refractivity contribution in [2.24, 2.45) is 0 Å². The average molecular weight is 192 g/mol. The van der Waals surface area contributed by atoms with E-state index < -0.39 is 5.92 Å². The topological polar surface area (TPSA) is 24.1 Å². The Labute approximate surface area is 78.1 Å². The Kier molecular flexibility index (Phi) is 4.06. The van der Waals surface area contributed by atoms with Gasteiger partial charge in [-0.25, -0.2) is 8.78 Å². The molecule has 0 amide bonds. The van der Waals surface area contributed by atoms with Crippen LogP contribution in [0.4, 0.5) is 8.78 Å². The molecule has 2 N–H and O–H groups in total. The molecule has 1 aliphatic rings. The molecule has 1 atom stereocenters. The maximum absolute atomic E-state index is 12.4. The maximum atomic E-state index is 12.4. The minimum absolute atomic E-state index is 0.0660. The van der Waals surface area contributed by atoms with Gasteiger partial charge in [-0.15, -0.1) is 0 Å². The van der Waals surface area contributed by atoms with Crippen molar-refractivity contribution in [2.45, 2.75) is 38.2 Å². The summed E-state index contributed by atoms with van der Waals surface area (Å²) in [6.07, 6.45) is 2.17. The van der Waals surface area contributed by atoms with Crippen molar-refractivity contribution in [3.8, 4) is 0 Å². The molecular formula is C9H18F2N2. The average Bonchev–Trinajstić information content (AvgIpc) is 2.04. The van der Waals surface area contributed by atoms with E-state index in [0.29, 0.717) is 12.6 Å². The van der Waals surface area contributed by atoms with Gasteiger partial charge in [0.2, 0.25) is 5.92 Å². The summed E-state index contributed by atoms with van der Waals surface area (Å²) in [5.41, 5.74) is 0. The van der Waals surface area contributed by atoms with Gasteiger partial charge in [0.25, 0.3) is 0 Å². The third-order valence-corrected chi connectivity index (χ3v) is 2.29. The number of rotatable bonds is 4. The van der Waals surface area contributed by atoms with Crippen molar-refractivity contribution in [3.05, 3.63) is 0 Å². The highest BCUT2D eigenvalue weighted by Gasteiger charge is 2.21. The lowest BCUT2D eigenvalue weighted by Crippen LogP contribution is -2.44. The van der Waals surface area contributed by atoms with Crippen LogP contribution in [0.15, 0.2) is 0 Å². The van der Waals surface area contributed by atoms with E-state index in [0.717, 1.165) is 32.9 Å². The third-order valence-electron chi connectivity index (χ3n) is 2.29. The summed E-state index contributed by atoms with van der Waals surface area (Å²) in [5, 5.41) is 6.37. The lowest BCUT2D eigenvalue weighted by Gasteiger charge is -2.24. The molecule has 1 saturated heterocycles. The first-order valence-electron chi connectivity index (χ1n) is 4.90. The molecule has 0 aromatic heterocycles. The van der Waals surface area contributed by atoms with Gasteiger partial charge in [0, 0.05) is 25.6 Å². The molecule has 0 radical (unpaired) electrons. The van der Waals surface area contributed by atoms with E-state index in [2.05, 4.69) is 10.6 Å². The highest BCUT2D eigenvalue weighted by molar-refractivity contribution is 4.75. The summed E-state index contributed by atoms with van der Waals surface area (Å²) in [4.78, 5) is 0. The van der Waals surface area contributed by atoms with Crippen molar-refractivity contribution in [2.75, 3.05) is 19.6 Å². The van der Waals surface area contributed by atoms with E-state index in [4.69, 9.17) is 0 Å². The van der Waals surface area contributed by atoms with Gasteiger partial charge < -0.3 is 10.6 Å². The Bertz CT molecular complexity index is 139. The third kappa shape index (κ3) is 5.16. The van der Waals surface area contributed by atoms with Gasteiger partial charge in [0.1, 0.15) is 0 Å². The largest absolute Gasteiger partial charge is 0.315 e. The molecule has 1 rings (SSSR count). The molecule has 78 valence electrons. The van der Waals surface area contributed by atoms with Gasteiger partial charge in [-0.3, -0.25) is 0 Å².